The number of halogens is 1. The summed E-state index contributed by atoms with van der Waals surface area (Å²) in [4.78, 5) is 15.5. The van der Waals surface area contributed by atoms with E-state index in [4.69, 9.17) is 11.6 Å². The number of nitrogens with zero attached hydrogens (tertiary/aromatic N) is 2. The van der Waals surface area contributed by atoms with Gasteiger partial charge >= 0.3 is 5.97 Å². The number of carboxylic acids is 1. The Balaban J connectivity index is 2.35. The number of hydrogen-bond acceptors (Lipinski definition) is 2. The predicted octanol–water partition coefficient (Wildman–Crippen LogP) is 3.35. The largest absolute Gasteiger partial charge is 0.478 e. The molecule has 94 valence electrons. The van der Waals surface area contributed by atoms with E-state index in [-0.39, 0.29) is 10.7 Å². The number of carbonyl (C=O) groups is 1. The van der Waals surface area contributed by atoms with Crippen molar-refractivity contribution < 1.29 is 9.90 Å². The van der Waals surface area contributed by atoms with E-state index in [1.54, 1.807) is 16.7 Å². The summed E-state index contributed by atoms with van der Waals surface area (Å²) in [7, 11) is 0. The first-order valence-electron chi connectivity index (χ1n) is 5.64. The Morgan fingerprint density at radius 2 is 1.89 bits per heavy atom. The second-order valence-corrected chi connectivity index (χ2v) is 4.40. The molecular formula is C14H9ClN2O2. The summed E-state index contributed by atoms with van der Waals surface area (Å²) in [5.41, 5.74) is 1.43. The SMILES string of the molecule is O=C(O)c1cccn2c(-c3ccccc3)nc(Cl)c12. The number of fused-ring (bicyclic) bond motifs is 1. The topological polar surface area (TPSA) is 54.6 Å². The Morgan fingerprint density at radius 1 is 1.16 bits per heavy atom. The molecular weight excluding hydrogens is 264 g/mol. The summed E-state index contributed by atoms with van der Waals surface area (Å²) in [6, 6.07) is 12.7. The molecule has 0 unspecified atom stereocenters. The molecule has 4 nitrogen and oxygen atoms in total. The molecule has 0 spiro atoms. The van der Waals surface area contributed by atoms with Crippen LogP contribution in [0.5, 0.6) is 0 Å². The second kappa shape index (κ2) is 4.40. The van der Waals surface area contributed by atoms with Gasteiger partial charge < -0.3 is 5.11 Å². The van der Waals surface area contributed by atoms with Crippen LogP contribution in [0, 0.1) is 0 Å². The van der Waals surface area contributed by atoms with Gasteiger partial charge in [0.05, 0.1) is 11.1 Å². The van der Waals surface area contributed by atoms with Crippen molar-refractivity contribution in [2.45, 2.75) is 0 Å². The standard InChI is InChI=1S/C14H9ClN2O2/c15-12-11-10(14(18)19)7-4-8-17(11)13(16-12)9-5-2-1-3-6-9/h1-8H,(H,18,19). The van der Waals surface area contributed by atoms with Crippen molar-refractivity contribution in [3.8, 4) is 11.4 Å². The first-order valence-corrected chi connectivity index (χ1v) is 6.01. The maximum absolute atomic E-state index is 11.2. The molecule has 1 N–H and O–H groups in total. The van der Waals surface area contributed by atoms with E-state index in [9.17, 15) is 9.90 Å². The Labute approximate surface area is 113 Å². The lowest BCUT2D eigenvalue weighted by Gasteiger charge is -2.02. The number of carboxylic acid groups (broad SMARTS) is 1. The molecule has 5 heteroatoms. The van der Waals surface area contributed by atoms with E-state index >= 15 is 0 Å². The lowest BCUT2D eigenvalue weighted by Crippen LogP contribution is -2.00. The van der Waals surface area contributed by atoms with Gasteiger partial charge in [0.2, 0.25) is 0 Å². The maximum Gasteiger partial charge on any atom is 0.337 e. The van der Waals surface area contributed by atoms with Crippen LogP contribution < -0.4 is 0 Å². The Bertz CT molecular complexity index is 766. The minimum Gasteiger partial charge on any atom is -0.478 e. The van der Waals surface area contributed by atoms with E-state index in [0.717, 1.165) is 5.56 Å². The number of aromatic carboxylic acids is 1. The molecule has 1 aromatic carbocycles. The highest BCUT2D eigenvalue weighted by Gasteiger charge is 2.17. The molecule has 0 aliphatic rings. The number of rotatable bonds is 2. The molecule has 0 fully saturated rings. The summed E-state index contributed by atoms with van der Waals surface area (Å²) in [5, 5.41) is 9.38. The van der Waals surface area contributed by atoms with Crippen LogP contribution in [-0.2, 0) is 0 Å². The molecule has 2 heterocycles. The van der Waals surface area contributed by atoms with Crippen molar-refractivity contribution in [2.75, 3.05) is 0 Å². The number of benzene rings is 1. The van der Waals surface area contributed by atoms with Crippen molar-refractivity contribution >= 4 is 23.1 Å². The van der Waals surface area contributed by atoms with Crippen LogP contribution in [-0.4, -0.2) is 20.5 Å². The third-order valence-electron chi connectivity index (χ3n) is 2.88. The molecule has 0 saturated heterocycles. The van der Waals surface area contributed by atoms with Gasteiger partial charge in [0, 0.05) is 11.8 Å². The van der Waals surface area contributed by atoms with Gasteiger partial charge in [-0.05, 0) is 12.1 Å². The summed E-state index contributed by atoms with van der Waals surface area (Å²) < 4.78 is 1.70. The third kappa shape index (κ3) is 1.86. The van der Waals surface area contributed by atoms with E-state index in [1.165, 1.54) is 6.07 Å². The average Bonchev–Trinajstić information content (AvgIpc) is 2.77. The molecule has 0 atom stereocenters. The van der Waals surface area contributed by atoms with Crippen LogP contribution in [0.1, 0.15) is 10.4 Å². The van der Waals surface area contributed by atoms with Gasteiger partial charge in [0.25, 0.3) is 0 Å². The molecule has 0 amide bonds. The lowest BCUT2D eigenvalue weighted by molar-refractivity contribution is 0.0698. The summed E-state index contributed by atoms with van der Waals surface area (Å²) in [5.74, 6) is -0.393. The Hall–Kier alpha value is -2.33. The minimum absolute atomic E-state index is 0.141. The van der Waals surface area contributed by atoms with E-state index in [1.807, 2.05) is 30.3 Å². The van der Waals surface area contributed by atoms with Gasteiger partial charge in [-0.15, -0.1) is 0 Å². The second-order valence-electron chi connectivity index (χ2n) is 4.04. The fourth-order valence-electron chi connectivity index (χ4n) is 2.06. The van der Waals surface area contributed by atoms with Gasteiger partial charge in [-0.25, -0.2) is 9.78 Å². The molecule has 19 heavy (non-hydrogen) atoms. The van der Waals surface area contributed by atoms with Crippen molar-refractivity contribution in [1.82, 2.24) is 9.38 Å². The summed E-state index contributed by atoms with van der Waals surface area (Å²) in [6.07, 6.45) is 1.75. The van der Waals surface area contributed by atoms with Crippen LogP contribution in [0.25, 0.3) is 16.9 Å². The van der Waals surface area contributed by atoms with Gasteiger partial charge in [-0.3, -0.25) is 4.40 Å². The van der Waals surface area contributed by atoms with Gasteiger partial charge in [-0.1, -0.05) is 41.9 Å². The first kappa shape index (κ1) is 11.7. The maximum atomic E-state index is 11.2. The van der Waals surface area contributed by atoms with Gasteiger partial charge in [0.15, 0.2) is 5.15 Å². The Kier molecular flexibility index (Phi) is 2.72. The highest BCUT2D eigenvalue weighted by atomic mass is 35.5. The smallest absolute Gasteiger partial charge is 0.337 e. The van der Waals surface area contributed by atoms with Crippen molar-refractivity contribution in [3.05, 3.63) is 59.4 Å². The van der Waals surface area contributed by atoms with Crippen LogP contribution in [0.15, 0.2) is 48.7 Å². The van der Waals surface area contributed by atoms with Crippen LogP contribution in [0.4, 0.5) is 0 Å². The van der Waals surface area contributed by atoms with Gasteiger partial charge in [0.1, 0.15) is 5.82 Å². The molecule has 0 aliphatic heterocycles. The molecule has 0 bridgehead atoms. The third-order valence-corrected chi connectivity index (χ3v) is 3.15. The highest BCUT2D eigenvalue weighted by molar-refractivity contribution is 6.33. The molecule has 3 rings (SSSR count). The zero-order chi connectivity index (χ0) is 13.4. The molecule has 3 aromatic rings. The molecule has 0 radical (unpaired) electrons. The minimum atomic E-state index is -1.02. The summed E-state index contributed by atoms with van der Waals surface area (Å²) >= 11 is 6.08. The fourth-order valence-corrected chi connectivity index (χ4v) is 2.33. The van der Waals surface area contributed by atoms with Crippen LogP contribution in [0.2, 0.25) is 5.15 Å². The zero-order valence-corrected chi connectivity index (χ0v) is 10.5. The fraction of sp³-hybridized carbons (Fsp3) is 0. The number of imidazole rings is 1. The number of pyridine rings is 1. The van der Waals surface area contributed by atoms with Crippen molar-refractivity contribution in [1.29, 1.82) is 0 Å². The van der Waals surface area contributed by atoms with Crippen LogP contribution >= 0.6 is 11.6 Å². The molecule has 0 saturated carbocycles. The van der Waals surface area contributed by atoms with E-state index in [2.05, 4.69) is 4.98 Å². The van der Waals surface area contributed by atoms with Gasteiger partial charge in [-0.2, -0.15) is 0 Å². The molecule has 0 aliphatic carbocycles. The first-order chi connectivity index (χ1) is 9.18. The number of aromatic nitrogens is 2. The zero-order valence-electron chi connectivity index (χ0n) is 9.75. The lowest BCUT2D eigenvalue weighted by atomic mass is 10.2. The quantitative estimate of drug-likeness (QED) is 0.778. The Morgan fingerprint density at radius 3 is 2.58 bits per heavy atom. The van der Waals surface area contributed by atoms with E-state index in [0.29, 0.717) is 11.3 Å². The predicted molar refractivity (Wildman–Crippen MR) is 72.6 cm³/mol. The highest BCUT2D eigenvalue weighted by Crippen LogP contribution is 2.27. The summed E-state index contributed by atoms with van der Waals surface area (Å²) in [6.45, 7) is 0. The van der Waals surface area contributed by atoms with Crippen LogP contribution in [0.3, 0.4) is 0 Å². The van der Waals surface area contributed by atoms with Crippen molar-refractivity contribution in [2.24, 2.45) is 0 Å². The van der Waals surface area contributed by atoms with E-state index < -0.39 is 5.97 Å². The number of hydrogen-bond donors (Lipinski definition) is 1. The normalized spacial score (nSPS) is 10.8. The van der Waals surface area contributed by atoms with Crippen molar-refractivity contribution in [3.63, 3.8) is 0 Å². The monoisotopic (exact) mass is 272 g/mol. The molecule has 2 aromatic heterocycles. The average molecular weight is 273 g/mol.